The zero-order valence-electron chi connectivity index (χ0n) is 8.77. The maximum absolute atomic E-state index is 12.9. The molecule has 0 aliphatic rings. The van der Waals surface area contributed by atoms with Crippen LogP contribution in [0.3, 0.4) is 0 Å². The average Bonchev–Trinajstić information content (AvgIpc) is 2.53. The number of aromatic nitrogens is 3. The lowest BCUT2D eigenvalue weighted by Gasteiger charge is -1.97. The van der Waals surface area contributed by atoms with Crippen LogP contribution in [0.1, 0.15) is 30.1 Å². The second-order valence-electron chi connectivity index (χ2n) is 3.47. The number of halogens is 1. The van der Waals surface area contributed by atoms with Crippen LogP contribution in [0.25, 0.3) is 5.65 Å². The second kappa shape index (κ2) is 3.88. The molecule has 0 unspecified atom stereocenters. The Hall–Kier alpha value is -1.98. The summed E-state index contributed by atoms with van der Waals surface area (Å²) in [5.74, 6) is -0.546. The first-order valence-electron chi connectivity index (χ1n) is 4.96. The van der Waals surface area contributed by atoms with Crippen LogP contribution in [0.4, 0.5) is 10.2 Å². The highest BCUT2D eigenvalue weighted by Gasteiger charge is 2.18. The molecule has 0 amide bonds. The first kappa shape index (κ1) is 10.5. The maximum Gasteiger partial charge on any atom is 0.170 e. The largest absolute Gasteiger partial charge is 0.382 e. The fourth-order valence-corrected chi connectivity index (χ4v) is 1.55. The van der Waals surface area contributed by atoms with E-state index in [1.165, 1.54) is 4.52 Å². The zero-order valence-corrected chi connectivity index (χ0v) is 8.77. The normalized spacial score (nSPS) is 10.9. The molecule has 2 aromatic rings. The molecule has 0 fully saturated rings. The monoisotopic (exact) mass is 222 g/mol. The number of nitrogen functional groups attached to an aromatic ring is 1. The summed E-state index contributed by atoms with van der Waals surface area (Å²) in [5.41, 5.74) is 6.20. The molecule has 0 radical (unpaired) electrons. The van der Waals surface area contributed by atoms with Crippen molar-refractivity contribution in [1.29, 1.82) is 0 Å². The van der Waals surface area contributed by atoms with Gasteiger partial charge in [-0.1, -0.05) is 6.92 Å². The molecule has 2 rings (SSSR count). The van der Waals surface area contributed by atoms with Crippen LogP contribution in [0.15, 0.2) is 12.4 Å². The van der Waals surface area contributed by atoms with Crippen LogP contribution in [-0.4, -0.2) is 20.4 Å². The summed E-state index contributed by atoms with van der Waals surface area (Å²) in [6.07, 6.45) is 3.28. The fraction of sp³-hybridized carbons (Fsp3) is 0.300. The minimum absolute atomic E-state index is 0.0940. The summed E-state index contributed by atoms with van der Waals surface area (Å²) in [4.78, 5) is 15.6. The van der Waals surface area contributed by atoms with Gasteiger partial charge in [0.25, 0.3) is 0 Å². The highest BCUT2D eigenvalue weighted by molar-refractivity contribution is 6.05. The molecule has 0 saturated heterocycles. The van der Waals surface area contributed by atoms with Crippen molar-refractivity contribution in [2.24, 2.45) is 0 Å². The summed E-state index contributed by atoms with van der Waals surface area (Å²) < 4.78 is 14.1. The molecule has 6 heteroatoms. The summed E-state index contributed by atoms with van der Waals surface area (Å²) in [7, 11) is 0. The van der Waals surface area contributed by atoms with E-state index in [1.54, 1.807) is 0 Å². The molecule has 2 heterocycles. The summed E-state index contributed by atoms with van der Waals surface area (Å²) >= 11 is 0. The Bertz CT molecular complexity index is 549. The summed E-state index contributed by atoms with van der Waals surface area (Å²) in [6, 6.07) is 0. The van der Waals surface area contributed by atoms with Gasteiger partial charge in [0.15, 0.2) is 23.1 Å². The van der Waals surface area contributed by atoms with E-state index in [0.29, 0.717) is 12.1 Å². The predicted molar refractivity (Wildman–Crippen MR) is 56.6 cm³/mol. The van der Waals surface area contributed by atoms with Crippen molar-refractivity contribution in [2.45, 2.75) is 19.8 Å². The number of carbonyl (C=O) groups is 1. The van der Waals surface area contributed by atoms with Gasteiger partial charge in [0.1, 0.15) is 5.56 Å². The van der Waals surface area contributed by atoms with Crippen LogP contribution < -0.4 is 5.73 Å². The molecule has 0 bridgehead atoms. The molecule has 5 nitrogen and oxygen atoms in total. The third-order valence-electron chi connectivity index (χ3n) is 2.22. The summed E-state index contributed by atoms with van der Waals surface area (Å²) in [6.45, 7) is 1.90. The zero-order chi connectivity index (χ0) is 11.7. The van der Waals surface area contributed by atoms with E-state index >= 15 is 0 Å². The molecule has 2 aromatic heterocycles. The molecule has 0 aliphatic heterocycles. The molecule has 0 aromatic carbocycles. The number of anilines is 1. The number of carbonyl (C=O) groups excluding carboxylic acids is 1. The number of nitrogens with two attached hydrogens (primary N) is 1. The van der Waals surface area contributed by atoms with E-state index in [0.717, 1.165) is 18.8 Å². The first-order valence-corrected chi connectivity index (χ1v) is 4.96. The van der Waals surface area contributed by atoms with Gasteiger partial charge in [-0.2, -0.15) is 0 Å². The molecular weight excluding hydrogens is 211 g/mol. The number of nitrogens with zero attached hydrogens (tertiary/aromatic N) is 3. The Labute approximate surface area is 91.1 Å². The number of ketones is 1. The van der Waals surface area contributed by atoms with Crippen molar-refractivity contribution in [2.75, 3.05) is 5.73 Å². The van der Waals surface area contributed by atoms with Crippen LogP contribution in [0.2, 0.25) is 0 Å². The van der Waals surface area contributed by atoms with Gasteiger partial charge in [-0.05, 0) is 6.42 Å². The Morgan fingerprint density at radius 2 is 2.38 bits per heavy atom. The second-order valence-corrected chi connectivity index (χ2v) is 3.47. The van der Waals surface area contributed by atoms with E-state index in [1.807, 2.05) is 6.92 Å². The van der Waals surface area contributed by atoms with E-state index in [-0.39, 0.29) is 17.2 Å². The summed E-state index contributed by atoms with van der Waals surface area (Å²) in [5, 5.41) is 3.85. The van der Waals surface area contributed by atoms with Gasteiger partial charge < -0.3 is 5.73 Å². The molecular formula is C10H11FN4O. The quantitative estimate of drug-likeness (QED) is 0.797. The number of fused-ring (bicyclic) bond motifs is 1. The highest BCUT2D eigenvalue weighted by Crippen LogP contribution is 2.18. The lowest BCUT2D eigenvalue weighted by molar-refractivity contribution is 0.0984. The number of hydrogen-bond acceptors (Lipinski definition) is 4. The van der Waals surface area contributed by atoms with Crippen LogP contribution in [-0.2, 0) is 0 Å². The minimum atomic E-state index is -0.524. The Morgan fingerprint density at radius 3 is 3.06 bits per heavy atom. The van der Waals surface area contributed by atoms with Crippen LogP contribution in [0, 0.1) is 5.82 Å². The minimum Gasteiger partial charge on any atom is -0.382 e. The van der Waals surface area contributed by atoms with Gasteiger partial charge in [-0.15, -0.1) is 5.10 Å². The third-order valence-corrected chi connectivity index (χ3v) is 2.22. The third kappa shape index (κ3) is 1.62. The van der Waals surface area contributed by atoms with Gasteiger partial charge in [-0.25, -0.2) is 13.9 Å². The van der Waals surface area contributed by atoms with Crippen LogP contribution in [0.5, 0.6) is 0 Å². The lowest BCUT2D eigenvalue weighted by atomic mass is 10.1. The smallest absolute Gasteiger partial charge is 0.170 e. The van der Waals surface area contributed by atoms with E-state index in [2.05, 4.69) is 10.1 Å². The number of hydrogen-bond donors (Lipinski definition) is 1. The van der Waals surface area contributed by atoms with Gasteiger partial charge in [0.05, 0.1) is 12.4 Å². The van der Waals surface area contributed by atoms with Crippen molar-refractivity contribution in [3.63, 3.8) is 0 Å². The Kier molecular flexibility index (Phi) is 2.55. The van der Waals surface area contributed by atoms with Crippen molar-refractivity contribution in [1.82, 2.24) is 14.6 Å². The van der Waals surface area contributed by atoms with E-state index in [9.17, 15) is 9.18 Å². The first-order chi connectivity index (χ1) is 7.63. The topological polar surface area (TPSA) is 73.3 Å². The standard InChI is InChI=1S/C10H11FN4O/c1-2-3-7(16)8-9(12)14-15-5-6(11)4-13-10(8)15/h4-5H,2-3H2,1H3,(H2,12,14). The molecule has 0 saturated carbocycles. The molecule has 0 atom stereocenters. The molecule has 84 valence electrons. The van der Waals surface area contributed by atoms with Crippen LogP contribution >= 0.6 is 0 Å². The SMILES string of the molecule is CCCC(=O)c1c(N)nn2cc(F)cnc12. The van der Waals surface area contributed by atoms with Crippen molar-refractivity contribution in [3.05, 3.63) is 23.8 Å². The van der Waals surface area contributed by atoms with Gasteiger partial charge in [-0.3, -0.25) is 4.79 Å². The van der Waals surface area contributed by atoms with E-state index < -0.39 is 5.82 Å². The van der Waals surface area contributed by atoms with Gasteiger partial charge >= 0.3 is 0 Å². The Balaban J connectivity index is 2.60. The van der Waals surface area contributed by atoms with Crippen molar-refractivity contribution in [3.8, 4) is 0 Å². The van der Waals surface area contributed by atoms with Gasteiger partial charge in [0.2, 0.25) is 0 Å². The lowest BCUT2D eigenvalue weighted by Crippen LogP contribution is -2.02. The average molecular weight is 222 g/mol. The van der Waals surface area contributed by atoms with E-state index in [4.69, 9.17) is 5.73 Å². The molecule has 16 heavy (non-hydrogen) atoms. The van der Waals surface area contributed by atoms with Crippen molar-refractivity contribution < 1.29 is 9.18 Å². The molecule has 0 spiro atoms. The predicted octanol–water partition coefficient (Wildman–Crippen LogP) is 1.43. The fourth-order valence-electron chi connectivity index (χ4n) is 1.55. The van der Waals surface area contributed by atoms with Gasteiger partial charge in [0, 0.05) is 6.42 Å². The Morgan fingerprint density at radius 1 is 1.62 bits per heavy atom. The number of rotatable bonds is 3. The van der Waals surface area contributed by atoms with Crippen molar-refractivity contribution >= 4 is 17.2 Å². The molecule has 2 N–H and O–H groups in total. The highest BCUT2D eigenvalue weighted by atomic mass is 19.1. The maximum atomic E-state index is 12.9. The number of Topliss-reactive ketones (excluding diaryl/α,β-unsaturated/α-hetero) is 1. The molecule has 0 aliphatic carbocycles.